The Hall–Kier alpha value is -4.70. The van der Waals surface area contributed by atoms with Crippen LogP contribution in [0.3, 0.4) is 0 Å². The number of carbonyl (C=O) groups excluding carboxylic acids is 2. The van der Waals surface area contributed by atoms with Gasteiger partial charge in [0.25, 0.3) is 5.91 Å². The number of rotatable bonds is 7. The van der Waals surface area contributed by atoms with Gasteiger partial charge in [-0.05, 0) is 37.1 Å². The monoisotopic (exact) mass is 577 g/mol. The third-order valence-corrected chi connectivity index (χ3v) is 8.23. The number of nitrogens with zero attached hydrogens (tertiary/aromatic N) is 5. The summed E-state index contributed by atoms with van der Waals surface area (Å²) < 4.78 is 0. The third kappa shape index (κ3) is 5.99. The molecule has 2 amide bonds. The molecule has 10 heteroatoms. The Morgan fingerprint density at radius 1 is 0.929 bits per heavy atom. The van der Waals surface area contributed by atoms with Crippen molar-refractivity contribution in [2.75, 3.05) is 23.7 Å². The third-order valence-electron chi connectivity index (χ3n) is 7.22. The molecule has 2 aromatic carbocycles. The minimum Gasteiger partial charge on any atom is -0.367 e. The number of hydrogen-bond acceptors (Lipinski definition) is 8. The first-order chi connectivity index (χ1) is 20.4. The second-order valence-electron chi connectivity index (χ2n) is 10.6. The fourth-order valence-corrected chi connectivity index (χ4v) is 5.97. The van der Waals surface area contributed by atoms with Crippen molar-refractivity contribution < 1.29 is 9.59 Å². The average Bonchev–Trinajstić information content (AvgIpc) is 3.46. The van der Waals surface area contributed by atoms with Crippen molar-refractivity contribution >= 4 is 45.0 Å². The number of piperidine rings is 1. The number of benzene rings is 2. The van der Waals surface area contributed by atoms with Gasteiger partial charge in [0.2, 0.25) is 5.91 Å². The van der Waals surface area contributed by atoms with Crippen LogP contribution >= 0.6 is 11.3 Å². The normalized spacial score (nSPS) is 13.8. The van der Waals surface area contributed by atoms with Crippen LogP contribution in [0.25, 0.3) is 32.3 Å². The van der Waals surface area contributed by atoms with Crippen LogP contribution < -0.4 is 10.6 Å². The number of likely N-dealkylation sites (tertiary alicyclic amines) is 1. The fraction of sp³-hybridized carbons (Fsp3) is 0.250. The molecule has 4 heterocycles. The number of amides is 2. The molecule has 9 nitrogen and oxygen atoms in total. The first-order valence-corrected chi connectivity index (χ1v) is 14.9. The Labute approximate surface area is 248 Å². The van der Waals surface area contributed by atoms with E-state index in [2.05, 4.69) is 20.6 Å². The summed E-state index contributed by atoms with van der Waals surface area (Å²) in [6.45, 7) is 5.24. The molecule has 0 spiro atoms. The molecule has 1 aliphatic rings. The Morgan fingerprint density at radius 2 is 1.69 bits per heavy atom. The molecule has 3 aromatic heterocycles. The lowest BCUT2D eigenvalue weighted by Gasteiger charge is -2.33. The van der Waals surface area contributed by atoms with Crippen LogP contribution in [0.4, 0.5) is 11.5 Å². The van der Waals surface area contributed by atoms with Gasteiger partial charge >= 0.3 is 0 Å². The second kappa shape index (κ2) is 12.0. The predicted octanol–water partition coefficient (Wildman–Crippen LogP) is 6.13. The van der Waals surface area contributed by atoms with E-state index in [9.17, 15) is 9.59 Å². The zero-order valence-corrected chi connectivity index (χ0v) is 24.3. The van der Waals surface area contributed by atoms with Crippen LogP contribution in [0.1, 0.15) is 37.2 Å². The van der Waals surface area contributed by atoms with Gasteiger partial charge < -0.3 is 15.5 Å². The van der Waals surface area contributed by atoms with Gasteiger partial charge in [-0.2, -0.15) is 0 Å². The van der Waals surface area contributed by atoms with E-state index in [-0.39, 0.29) is 29.5 Å². The predicted molar refractivity (Wildman–Crippen MR) is 166 cm³/mol. The Balaban J connectivity index is 1.26. The molecule has 0 unspecified atom stereocenters. The van der Waals surface area contributed by atoms with Gasteiger partial charge in [0, 0.05) is 48.4 Å². The summed E-state index contributed by atoms with van der Waals surface area (Å²) in [4.78, 5) is 47.4. The molecule has 2 N–H and O–H groups in total. The lowest BCUT2D eigenvalue weighted by Crippen LogP contribution is -2.44. The SMILES string of the molecule is CC(C)C(=O)N1CCC(Nc2cc(C(=O)Nc3ccccc3-c3nc4cccnc4s3)nc(-c3ccccc3)n2)CC1. The molecular weight excluding hydrogens is 546 g/mol. The zero-order valence-electron chi connectivity index (χ0n) is 23.4. The number of fused-ring (bicyclic) bond motifs is 1. The molecular formula is C32H31N7O2S. The van der Waals surface area contributed by atoms with E-state index in [4.69, 9.17) is 9.97 Å². The lowest BCUT2D eigenvalue weighted by atomic mass is 10.0. The average molecular weight is 578 g/mol. The summed E-state index contributed by atoms with van der Waals surface area (Å²) in [7, 11) is 0. The lowest BCUT2D eigenvalue weighted by molar-refractivity contribution is -0.135. The first kappa shape index (κ1) is 27.5. The Kier molecular flexibility index (Phi) is 7.87. The zero-order chi connectivity index (χ0) is 29.1. The van der Waals surface area contributed by atoms with E-state index < -0.39 is 0 Å². The van der Waals surface area contributed by atoms with Crippen LogP contribution in [0, 0.1) is 5.92 Å². The van der Waals surface area contributed by atoms with E-state index in [1.54, 1.807) is 12.3 Å². The van der Waals surface area contributed by atoms with Gasteiger partial charge in [-0.15, -0.1) is 0 Å². The summed E-state index contributed by atoms with van der Waals surface area (Å²) in [5.41, 5.74) is 3.33. The largest absolute Gasteiger partial charge is 0.367 e. The van der Waals surface area contributed by atoms with Gasteiger partial charge in [-0.3, -0.25) is 9.59 Å². The van der Waals surface area contributed by atoms with E-state index in [1.165, 1.54) is 11.3 Å². The summed E-state index contributed by atoms with van der Waals surface area (Å²) in [6, 6.07) is 22.8. The van der Waals surface area contributed by atoms with Crippen molar-refractivity contribution in [3.63, 3.8) is 0 Å². The fourth-order valence-electron chi connectivity index (χ4n) is 5.02. The topological polar surface area (TPSA) is 113 Å². The number of para-hydroxylation sites is 1. The van der Waals surface area contributed by atoms with E-state index in [0.717, 1.165) is 39.3 Å². The molecule has 0 atom stereocenters. The summed E-state index contributed by atoms with van der Waals surface area (Å²) in [6.07, 6.45) is 3.35. The van der Waals surface area contributed by atoms with Crippen LogP contribution in [-0.2, 0) is 4.79 Å². The highest BCUT2D eigenvalue weighted by molar-refractivity contribution is 7.21. The number of carbonyl (C=O) groups is 2. The van der Waals surface area contributed by atoms with Gasteiger partial charge in [0.05, 0.1) is 5.69 Å². The first-order valence-electron chi connectivity index (χ1n) is 14.1. The highest BCUT2D eigenvalue weighted by atomic mass is 32.1. The second-order valence-corrected chi connectivity index (χ2v) is 11.6. The minimum absolute atomic E-state index is 0.0117. The smallest absolute Gasteiger partial charge is 0.274 e. The summed E-state index contributed by atoms with van der Waals surface area (Å²) >= 11 is 1.48. The number of aromatic nitrogens is 4. The van der Waals surface area contributed by atoms with Crippen LogP contribution in [0.15, 0.2) is 79.0 Å². The molecule has 42 heavy (non-hydrogen) atoms. The molecule has 1 fully saturated rings. The maximum Gasteiger partial charge on any atom is 0.274 e. The molecule has 0 bridgehead atoms. The highest BCUT2D eigenvalue weighted by Crippen LogP contribution is 2.34. The number of anilines is 2. The maximum absolute atomic E-state index is 13.7. The van der Waals surface area contributed by atoms with Gasteiger partial charge in [-0.1, -0.05) is 67.6 Å². The number of pyridine rings is 1. The van der Waals surface area contributed by atoms with Gasteiger partial charge in [0.1, 0.15) is 26.9 Å². The standard InChI is InChI=1S/C32H31N7O2S/c1-20(2)32(41)39-17-14-22(15-18-39)34-27-19-26(35-28(38-27)21-9-4-3-5-10-21)29(40)36-24-12-7-6-11-23(24)30-37-25-13-8-16-33-31(25)42-30/h3-13,16,19-20,22H,14-15,17-18H2,1-2H3,(H,36,40)(H,34,35,38). The number of thiazole rings is 1. The van der Waals surface area contributed by atoms with Crippen LogP contribution in [0.5, 0.6) is 0 Å². The molecule has 1 saturated heterocycles. The molecule has 6 rings (SSSR count). The van der Waals surface area contributed by atoms with Gasteiger partial charge in [0.15, 0.2) is 5.82 Å². The van der Waals surface area contributed by atoms with Crippen molar-refractivity contribution in [1.29, 1.82) is 0 Å². The minimum atomic E-state index is -0.346. The van der Waals surface area contributed by atoms with E-state index >= 15 is 0 Å². The molecule has 5 aromatic rings. The maximum atomic E-state index is 13.7. The van der Waals surface area contributed by atoms with Crippen molar-refractivity contribution in [3.05, 3.63) is 84.7 Å². The molecule has 1 aliphatic heterocycles. The molecule has 212 valence electrons. The quantitative estimate of drug-likeness (QED) is 0.239. The Morgan fingerprint density at radius 3 is 2.45 bits per heavy atom. The van der Waals surface area contributed by atoms with Gasteiger partial charge in [-0.25, -0.2) is 19.9 Å². The highest BCUT2D eigenvalue weighted by Gasteiger charge is 2.25. The van der Waals surface area contributed by atoms with Crippen LogP contribution in [0.2, 0.25) is 0 Å². The number of nitrogens with one attached hydrogen (secondary N) is 2. The van der Waals surface area contributed by atoms with Crippen molar-refractivity contribution in [2.24, 2.45) is 5.92 Å². The van der Waals surface area contributed by atoms with Crippen LogP contribution in [-0.4, -0.2) is 55.8 Å². The summed E-state index contributed by atoms with van der Waals surface area (Å²) in [5.74, 6) is 0.865. The molecule has 0 saturated carbocycles. The number of hydrogen-bond donors (Lipinski definition) is 2. The van der Waals surface area contributed by atoms with E-state index in [0.29, 0.717) is 30.4 Å². The van der Waals surface area contributed by atoms with E-state index in [1.807, 2.05) is 85.5 Å². The Bertz CT molecular complexity index is 1700. The molecule has 0 aliphatic carbocycles. The van der Waals surface area contributed by atoms with Crippen molar-refractivity contribution in [1.82, 2.24) is 24.8 Å². The molecule has 0 radical (unpaired) electrons. The summed E-state index contributed by atoms with van der Waals surface area (Å²) in [5, 5.41) is 7.33. The van der Waals surface area contributed by atoms with Crippen molar-refractivity contribution in [3.8, 4) is 22.0 Å². The van der Waals surface area contributed by atoms with Crippen molar-refractivity contribution in [2.45, 2.75) is 32.7 Å².